The van der Waals surface area contributed by atoms with E-state index in [0.29, 0.717) is 30.2 Å². The minimum atomic E-state index is -1.26. The molecule has 9 heteroatoms. The third-order valence-electron chi connectivity index (χ3n) is 7.98. The summed E-state index contributed by atoms with van der Waals surface area (Å²) in [5.41, 5.74) is 4.20. The highest BCUT2D eigenvalue weighted by molar-refractivity contribution is 5.90. The number of carboxylic acid groups (broad SMARTS) is 2. The molecule has 37 heavy (non-hydrogen) atoms. The highest BCUT2D eigenvalue weighted by Crippen LogP contribution is 2.45. The summed E-state index contributed by atoms with van der Waals surface area (Å²) in [6.07, 6.45) is 7.74. The molecule has 3 aliphatic rings. The van der Waals surface area contributed by atoms with Gasteiger partial charge in [-0.3, -0.25) is 4.79 Å². The highest BCUT2D eigenvalue weighted by atomic mass is 16.4. The molecule has 2 fully saturated rings. The summed E-state index contributed by atoms with van der Waals surface area (Å²) in [4.78, 5) is 34.6. The number of likely N-dealkylation sites (N-methyl/N-ethyl adjacent to an activating group) is 1. The Labute approximate surface area is 216 Å². The van der Waals surface area contributed by atoms with Crippen molar-refractivity contribution in [2.75, 3.05) is 13.6 Å². The number of likely N-dealkylation sites (tertiary alicyclic amines) is 1. The second-order valence-electron chi connectivity index (χ2n) is 10.8. The number of aromatic nitrogens is 1. The van der Waals surface area contributed by atoms with Crippen LogP contribution >= 0.6 is 0 Å². The Kier molecular flexibility index (Phi) is 8.04. The maximum absolute atomic E-state index is 13.0. The van der Waals surface area contributed by atoms with Crippen molar-refractivity contribution >= 4 is 28.7 Å². The summed E-state index contributed by atoms with van der Waals surface area (Å²) in [6.45, 7) is 5.28. The number of aliphatic carboxylic acids is 2. The molecule has 5 rings (SSSR count). The standard InChI is InChI=1S/C24H33N3O2.C4H4O4/c1-14(2)27-13-15-11-21-18(17-6-4-8-20(27)23(15)17)10-16(12-26(21)3)24(29)25-19-7-5-9-22(19)28;5-3(6)1-2-4(7)8/h4,6,8,13-14,16,18-19,21-22,28H,5,7,9-12H2,1-3H3,(H,25,29);1-2H,(H,5,6)(H,7,8)/b;2-1-/t16-,18+,19?,21-,22?;/m0./s1. The summed E-state index contributed by atoms with van der Waals surface area (Å²) < 4.78 is 2.40. The van der Waals surface area contributed by atoms with Crippen molar-refractivity contribution in [2.45, 2.75) is 76.1 Å². The number of nitrogens with zero attached hydrogens (tertiary/aromatic N) is 2. The van der Waals surface area contributed by atoms with E-state index in [-0.39, 0.29) is 24.0 Å². The highest BCUT2D eigenvalue weighted by Gasteiger charge is 2.42. The van der Waals surface area contributed by atoms with Crippen molar-refractivity contribution in [2.24, 2.45) is 5.92 Å². The zero-order valence-electron chi connectivity index (χ0n) is 21.6. The van der Waals surface area contributed by atoms with Gasteiger partial charge in [0.15, 0.2) is 0 Å². The number of carbonyl (C=O) groups excluding carboxylic acids is 1. The molecule has 2 heterocycles. The van der Waals surface area contributed by atoms with Gasteiger partial charge in [0.2, 0.25) is 5.91 Å². The van der Waals surface area contributed by atoms with E-state index in [1.54, 1.807) is 0 Å². The van der Waals surface area contributed by atoms with Crippen LogP contribution in [-0.4, -0.2) is 74.4 Å². The van der Waals surface area contributed by atoms with Gasteiger partial charge in [-0.25, -0.2) is 9.59 Å². The lowest BCUT2D eigenvalue weighted by atomic mass is 9.72. The number of fused-ring (bicyclic) bond motifs is 2. The molecule has 5 atom stereocenters. The van der Waals surface area contributed by atoms with Gasteiger partial charge in [-0.1, -0.05) is 12.1 Å². The topological polar surface area (TPSA) is 132 Å². The van der Waals surface area contributed by atoms with Crippen molar-refractivity contribution in [3.05, 3.63) is 47.7 Å². The van der Waals surface area contributed by atoms with Crippen molar-refractivity contribution in [1.29, 1.82) is 0 Å². The molecule has 0 spiro atoms. The monoisotopic (exact) mass is 511 g/mol. The van der Waals surface area contributed by atoms with Gasteiger partial charge in [0.25, 0.3) is 0 Å². The molecule has 2 unspecified atom stereocenters. The van der Waals surface area contributed by atoms with E-state index in [4.69, 9.17) is 10.2 Å². The van der Waals surface area contributed by atoms with Crippen LogP contribution in [0, 0.1) is 5.92 Å². The molecule has 1 aliphatic heterocycles. The zero-order valence-corrected chi connectivity index (χ0v) is 21.6. The summed E-state index contributed by atoms with van der Waals surface area (Å²) in [6, 6.07) is 7.53. The third kappa shape index (κ3) is 5.72. The number of piperidine rings is 1. The zero-order chi connectivity index (χ0) is 26.9. The van der Waals surface area contributed by atoms with Gasteiger partial charge in [0, 0.05) is 53.8 Å². The van der Waals surface area contributed by atoms with Crippen LogP contribution in [0.1, 0.15) is 62.6 Å². The number of hydrogen-bond donors (Lipinski definition) is 4. The molecular weight excluding hydrogens is 474 g/mol. The lowest BCUT2D eigenvalue weighted by molar-refractivity contribution is -0.134. The van der Waals surface area contributed by atoms with E-state index in [9.17, 15) is 19.5 Å². The van der Waals surface area contributed by atoms with E-state index in [1.807, 2.05) is 0 Å². The van der Waals surface area contributed by atoms with Crippen molar-refractivity contribution in [3.63, 3.8) is 0 Å². The lowest BCUT2D eigenvalue weighted by Gasteiger charge is -2.45. The lowest BCUT2D eigenvalue weighted by Crippen LogP contribution is -2.53. The first-order valence-corrected chi connectivity index (χ1v) is 13.0. The molecule has 200 valence electrons. The van der Waals surface area contributed by atoms with Crippen LogP contribution in [0.3, 0.4) is 0 Å². The fourth-order valence-corrected chi connectivity index (χ4v) is 6.24. The molecule has 1 saturated heterocycles. The van der Waals surface area contributed by atoms with Crippen LogP contribution in [0.15, 0.2) is 36.5 Å². The summed E-state index contributed by atoms with van der Waals surface area (Å²) in [5, 5.41) is 30.3. The average molecular weight is 512 g/mol. The fourth-order valence-electron chi connectivity index (χ4n) is 6.24. The second-order valence-corrected chi connectivity index (χ2v) is 10.8. The molecule has 2 aliphatic carbocycles. The van der Waals surface area contributed by atoms with Crippen LogP contribution in [0.5, 0.6) is 0 Å². The number of carbonyl (C=O) groups is 3. The predicted molar refractivity (Wildman–Crippen MR) is 139 cm³/mol. The van der Waals surface area contributed by atoms with Crippen LogP contribution in [0.4, 0.5) is 0 Å². The van der Waals surface area contributed by atoms with Crippen LogP contribution < -0.4 is 5.32 Å². The molecule has 4 N–H and O–H groups in total. The first kappa shape index (κ1) is 26.9. The quantitative estimate of drug-likeness (QED) is 0.454. The fraction of sp³-hybridized carbons (Fsp3) is 0.536. The smallest absolute Gasteiger partial charge is 0.328 e. The Morgan fingerprint density at radius 1 is 1.11 bits per heavy atom. The first-order valence-electron chi connectivity index (χ1n) is 13.0. The molecule has 0 bridgehead atoms. The first-order chi connectivity index (χ1) is 17.6. The van der Waals surface area contributed by atoms with E-state index >= 15 is 0 Å². The molecule has 2 aromatic rings. The van der Waals surface area contributed by atoms with Crippen molar-refractivity contribution in [1.82, 2.24) is 14.8 Å². The number of rotatable bonds is 5. The van der Waals surface area contributed by atoms with E-state index in [0.717, 1.165) is 38.6 Å². The van der Waals surface area contributed by atoms with Crippen LogP contribution in [-0.2, 0) is 20.8 Å². The SMILES string of the molecule is CC(C)n1cc2c3c(cccc31)[C@H]1C[C@H](C(=O)NC3CCCC3O)CN(C)[C@H]1C2.O=C(O)/C=C\C(=O)O. The largest absolute Gasteiger partial charge is 0.478 e. The number of aliphatic hydroxyl groups excluding tert-OH is 1. The predicted octanol–water partition coefficient (Wildman–Crippen LogP) is 2.92. The van der Waals surface area contributed by atoms with E-state index < -0.39 is 11.9 Å². The van der Waals surface area contributed by atoms with E-state index in [1.165, 1.54) is 22.0 Å². The summed E-state index contributed by atoms with van der Waals surface area (Å²) in [7, 11) is 2.17. The third-order valence-corrected chi connectivity index (χ3v) is 7.98. The Balaban J connectivity index is 0.000000349. The second kappa shape index (κ2) is 11.1. The van der Waals surface area contributed by atoms with Gasteiger partial charge in [0.1, 0.15) is 0 Å². The number of amides is 1. The minimum Gasteiger partial charge on any atom is -0.478 e. The Bertz CT molecular complexity index is 1190. The summed E-state index contributed by atoms with van der Waals surface area (Å²) >= 11 is 0. The van der Waals surface area contributed by atoms with Gasteiger partial charge < -0.3 is 30.1 Å². The molecule has 1 saturated carbocycles. The summed E-state index contributed by atoms with van der Waals surface area (Å²) in [5.74, 6) is -2.02. The number of carboxylic acids is 2. The number of benzene rings is 1. The molecule has 0 radical (unpaired) electrons. The average Bonchev–Trinajstić information content (AvgIpc) is 3.43. The molecule has 1 aromatic carbocycles. The number of aliphatic hydroxyl groups is 1. The van der Waals surface area contributed by atoms with Crippen LogP contribution in [0.25, 0.3) is 10.9 Å². The van der Waals surface area contributed by atoms with Crippen molar-refractivity contribution < 1.29 is 29.7 Å². The molecule has 1 amide bonds. The van der Waals surface area contributed by atoms with Crippen molar-refractivity contribution in [3.8, 4) is 0 Å². The maximum atomic E-state index is 13.0. The molecule has 1 aromatic heterocycles. The minimum absolute atomic E-state index is 0.0157. The van der Waals surface area contributed by atoms with E-state index in [2.05, 4.69) is 60.1 Å². The Hall–Kier alpha value is -3.17. The Morgan fingerprint density at radius 3 is 2.41 bits per heavy atom. The van der Waals surface area contributed by atoms with Gasteiger partial charge in [-0.05, 0) is 70.2 Å². The number of nitrogens with one attached hydrogen (secondary N) is 1. The molecular formula is C28H37N3O6. The van der Waals surface area contributed by atoms with Gasteiger partial charge in [-0.2, -0.15) is 0 Å². The van der Waals surface area contributed by atoms with Gasteiger partial charge in [0.05, 0.1) is 18.1 Å². The van der Waals surface area contributed by atoms with Crippen LogP contribution in [0.2, 0.25) is 0 Å². The Morgan fingerprint density at radius 2 is 1.81 bits per heavy atom. The number of hydrogen-bond acceptors (Lipinski definition) is 5. The maximum Gasteiger partial charge on any atom is 0.328 e. The van der Waals surface area contributed by atoms with Gasteiger partial charge in [-0.15, -0.1) is 0 Å². The molecule has 9 nitrogen and oxygen atoms in total. The normalized spacial score (nSPS) is 27.1. The van der Waals surface area contributed by atoms with Gasteiger partial charge >= 0.3 is 11.9 Å².